The summed E-state index contributed by atoms with van der Waals surface area (Å²) in [6.07, 6.45) is 6.79. The average Bonchev–Trinajstić information content (AvgIpc) is 2.26. The van der Waals surface area contributed by atoms with Crippen LogP contribution in [0.5, 0.6) is 0 Å². The molecule has 1 fully saturated rings. The third kappa shape index (κ3) is 4.97. The molecule has 0 aromatic heterocycles. The third-order valence-electron chi connectivity index (χ3n) is 3.63. The maximum absolute atomic E-state index is 11.0. The maximum atomic E-state index is 11.0. The molecule has 0 spiro atoms. The van der Waals surface area contributed by atoms with Crippen molar-refractivity contribution in [2.75, 3.05) is 13.6 Å². The Bertz CT molecular complexity index is 216. The van der Waals surface area contributed by atoms with Crippen LogP contribution in [0.1, 0.15) is 52.4 Å². The number of carbonyl (C=O) groups excluding carboxylic acids is 1. The Morgan fingerprint density at radius 1 is 1.31 bits per heavy atom. The number of carbonyl (C=O) groups is 1. The fourth-order valence-electron chi connectivity index (χ4n) is 2.28. The van der Waals surface area contributed by atoms with Gasteiger partial charge < -0.3 is 10.6 Å². The first-order valence-corrected chi connectivity index (χ1v) is 6.47. The molecule has 0 radical (unpaired) electrons. The van der Waals surface area contributed by atoms with Crippen molar-refractivity contribution in [3.05, 3.63) is 0 Å². The van der Waals surface area contributed by atoms with Gasteiger partial charge in [-0.2, -0.15) is 0 Å². The van der Waals surface area contributed by atoms with E-state index >= 15 is 0 Å². The number of hydrogen-bond donors (Lipinski definition) is 2. The molecule has 94 valence electrons. The van der Waals surface area contributed by atoms with Gasteiger partial charge in [0.05, 0.1) is 0 Å². The maximum Gasteiger partial charge on any atom is 0.219 e. The normalized spacial score (nSPS) is 20.7. The van der Waals surface area contributed by atoms with E-state index in [2.05, 4.69) is 24.5 Å². The van der Waals surface area contributed by atoms with Crippen LogP contribution in [0.4, 0.5) is 0 Å². The highest BCUT2D eigenvalue weighted by molar-refractivity contribution is 5.75. The molecule has 1 rings (SSSR count). The molecule has 0 aromatic carbocycles. The predicted molar refractivity (Wildman–Crippen MR) is 67.3 cm³/mol. The standard InChI is InChI=1S/C13H26N2O/c1-13(2)8-6-11(7-9-13)15-10-4-5-12(16)14-3/h11,15H,4-10H2,1-3H3,(H,14,16). The Hall–Kier alpha value is -0.570. The second kappa shape index (κ2) is 6.24. The molecule has 1 amide bonds. The van der Waals surface area contributed by atoms with Crippen LogP contribution >= 0.6 is 0 Å². The summed E-state index contributed by atoms with van der Waals surface area (Å²) < 4.78 is 0. The lowest BCUT2D eigenvalue weighted by atomic mass is 9.75. The van der Waals surface area contributed by atoms with Gasteiger partial charge in [0, 0.05) is 19.5 Å². The van der Waals surface area contributed by atoms with Crippen molar-refractivity contribution in [3.63, 3.8) is 0 Å². The van der Waals surface area contributed by atoms with Crippen LogP contribution in [-0.4, -0.2) is 25.5 Å². The van der Waals surface area contributed by atoms with Gasteiger partial charge in [0.15, 0.2) is 0 Å². The van der Waals surface area contributed by atoms with Crippen molar-refractivity contribution in [1.29, 1.82) is 0 Å². The van der Waals surface area contributed by atoms with Gasteiger partial charge in [-0.3, -0.25) is 4.79 Å². The third-order valence-corrected chi connectivity index (χ3v) is 3.63. The molecule has 2 N–H and O–H groups in total. The Morgan fingerprint density at radius 3 is 2.50 bits per heavy atom. The lowest BCUT2D eigenvalue weighted by Crippen LogP contribution is -2.36. The highest BCUT2D eigenvalue weighted by Gasteiger charge is 2.26. The number of amides is 1. The average molecular weight is 226 g/mol. The van der Waals surface area contributed by atoms with E-state index in [-0.39, 0.29) is 5.91 Å². The van der Waals surface area contributed by atoms with Gasteiger partial charge in [0.2, 0.25) is 5.91 Å². The summed E-state index contributed by atoms with van der Waals surface area (Å²) in [7, 11) is 1.69. The molecule has 3 nitrogen and oxygen atoms in total. The van der Waals surface area contributed by atoms with E-state index in [1.807, 2.05) is 0 Å². The predicted octanol–water partition coefficient (Wildman–Crippen LogP) is 2.07. The Morgan fingerprint density at radius 2 is 1.94 bits per heavy atom. The van der Waals surface area contributed by atoms with Gasteiger partial charge in [-0.1, -0.05) is 13.8 Å². The summed E-state index contributed by atoms with van der Waals surface area (Å²) in [5, 5.41) is 6.21. The van der Waals surface area contributed by atoms with E-state index in [9.17, 15) is 4.79 Å². The van der Waals surface area contributed by atoms with E-state index in [1.54, 1.807) is 7.05 Å². The van der Waals surface area contributed by atoms with Gasteiger partial charge >= 0.3 is 0 Å². The topological polar surface area (TPSA) is 41.1 Å². The minimum atomic E-state index is 0.145. The smallest absolute Gasteiger partial charge is 0.219 e. The molecule has 0 heterocycles. The molecule has 0 unspecified atom stereocenters. The number of nitrogens with one attached hydrogen (secondary N) is 2. The fourth-order valence-corrected chi connectivity index (χ4v) is 2.28. The number of hydrogen-bond acceptors (Lipinski definition) is 2. The summed E-state index contributed by atoms with van der Waals surface area (Å²) in [6.45, 7) is 5.68. The van der Waals surface area contributed by atoms with Crippen LogP contribution in [-0.2, 0) is 4.79 Å². The van der Waals surface area contributed by atoms with Crippen LogP contribution in [0.3, 0.4) is 0 Å². The fraction of sp³-hybridized carbons (Fsp3) is 0.923. The zero-order valence-corrected chi connectivity index (χ0v) is 10.9. The Kier molecular flexibility index (Phi) is 5.26. The van der Waals surface area contributed by atoms with Crippen LogP contribution in [0.2, 0.25) is 0 Å². The van der Waals surface area contributed by atoms with Crippen molar-refractivity contribution >= 4 is 5.91 Å². The van der Waals surface area contributed by atoms with Gasteiger partial charge in [0.25, 0.3) is 0 Å². The van der Waals surface area contributed by atoms with Crippen molar-refractivity contribution in [3.8, 4) is 0 Å². The summed E-state index contributed by atoms with van der Waals surface area (Å²) >= 11 is 0. The Balaban J connectivity index is 2.04. The molecule has 3 heteroatoms. The summed E-state index contributed by atoms with van der Waals surface area (Å²) in [5.41, 5.74) is 0.542. The SMILES string of the molecule is CNC(=O)CCCNC1CCC(C)(C)CC1. The van der Waals surface area contributed by atoms with Gasteiger partial charge in [-0.15, -0.1) is 0 Å². The summed E-state index contributed by atoms with van der Waals surface area (Å²) in [4.78, 5) is 11.0. The molecule has 1 aliphatic carbocycles. The van der Waals surface area contributed by atoms with Crippen LogP contribution in [0.25, 0.3) is 0 Å². The molecule has 0 aliphatic heterocycles. The number of rotatable bonds is 5. The van der Waals surface area contributed by atoms with E-state index in [4.69, 9.17) is 0 Å². The molecule has 0 atom stereocenters. The van der Waals surface area contributed by atoms with Gasteiger partial charge in [-0.05, 0) is 44.1 Å². The minimum Gasteiger partial charge on any atom is -0.359 e. The quantitative estimate of drug-likeness (QED) is 0.705. The Labute approximate surface area is 99.4 Å². The molecule has 1 aliphatic rings. The molecule has 16 heavy (non-hydrogen) atoms. The van der Waals surface area contributed by atoms with E-state index < -0.39 is 0 Å². The lowest BCUT2D eigenvalue weighted by Gasteiger charge is -2.34. The molecular formula is C13H26N2O. The highest BCUT2D eigenvalue weighted by Crippen LogP contribution is 2.34. The van der Waals surface area contributed by atoms with Crippen molar-refractivity contribution in [1.82, 2.24) is 10.6 Å². The lowest BCUT2D eigenvalue weighted by molar-refractivity contribution is -0.120. The molecule has 0 bridgehead atoms. The summed E-state index contributed by atoms with van der Waals surface area (Å²) in [6, 6.07) is 0.678. The first kappa shape index (κ1) is 13.5. The first-order chi connectivity index (χ1) is 7.53. The second-order valence-electron chi connectivity index (χ2n) is 5.67. The zero-order chi connectivity index (χ0) is 12.0. The second-order valence-corrected chi connectivity index (χ2v) is 5.67. The van der Waals surface area contributed by atoms with Crippen molar-refractivity contribution < 1.29 is 4.79 Å². The molecule has 0 saturated heterocycles. The highest BCUT2D eigenvalue weighted by atomic mass is 16.1. The minimum absolute atomic E-state index is 0.145. The van der Waals surface area contributed by atoms with Crippen LogP contribution in [0, 0.1) is 5.41 Å². The van der Waals surface area contributed by atoms with Crippen molar-refractivity contribution in [2.45, 2.75) is 58.4 Å². The van der Waals surface area contributed by atoms with Gasteiger partial charge in [-0.25, -0.2) is 0 Å². The van der Waals surface area contributed by atoms with Crippen LogP contribution in [0.15, 0.2) is 0 Å². The molecular weight excluding hydrogens is 200 g/mol. The van der Waals surface area contributed by atoms with E-state index in [0.29, 0.717) is 17.9 Å². The van der Waals surface area contributed by atoms with E-state index in [0.717, 1.165) is 13.0 Å². The van der Waals surface area contributed by atoms with Crippen LogP contribution < -0.4 is 10.6 Å². The van der Waals surface area contributed by atoms with Gasteiger partial charge in [0.1, 0.15) is 0 Å². The largest absolute Gasteiger partial charge is 0.359 e. The molecule has 0 aromatic rings. The summed E-state index contributed by atoms with van der Waals surface area (Å²) in [5.74, 6) is 0.145. The first-order valence-electron chi connectivity index (χ1n) is 6.47. The monoisotopic (exact) mass is 226 g/mol. The zero-order valence-electron chi connectivity index (χ0n) is 10.9. The van der Waals surface area contributed by atoms with Crippen molar-refractivity contribution in [2.24, 2.45) is 5.41 Å². The van der Waals surface area contributed by atoms with E-state index in [1.165, 1.54) is 25.7 Å². The molecule has 1 saturated carbocycles.